The molecule has 0 aliphatic carbocycles. The van der Waals surface area contributed by atoms with Crippen LogP contribution in [0.15, 0.2) is 60.7 Å². The van der Waals surface area contributed by atoms with Gasteiger partial charge >= 0.3 is 0 Å². The highest BCUT2D eigenvalue weighted by atomic mass is 32.2. The lowest BCUT2D eigenvalue weighted by Crippen LogP contribution is -2.10. The standard InChI is InChI=1S/C13H12FN3O2S.C12H10FN3/c1-17-10(8-15)4-6-13(17)9-3-5-12(11(14)7-9)16-20(2,18)19;1-16-9(7-14)3-5-12(16)8-2-4-11(15)10(13)6-8/h3-7,16H,1-2H3;2-6H,15H2,1H3. The van der Waals surface area contributed by atoms with Crippen LogP contribution in [0.1, 0.15) is 11.4 Å². The van der Waals surface area contributed by atoms with Crippen molar-refractivity contribution in [3.63, 3.8) is 0 Å². The molecule has 184 valence electrons. The summed E-state index contributed by atoms with van der Waals surface area (Å²) in [6.45, 7) is 0. The van der Waals surface area contributed by atoms with Crippen molar-refractivity contribution in [2.75, 3.05) is 16.7 Å². The topological polar surface area (TPSA) is 130 Å². The summed E-state index contributed by atoms with van der Waals surface area (Å²) < 4.78 is 54.8. The van der Waals surface area contributed by atoms with E-state index in [0.717, 1.165) is 11.9 Å². The number of hydrogen-bond acceptors (Lipinski definition) is 5. The molecule has 0 aliphatic heterocycles. The van der Waals surface area contributed by atoms with Gasteiger partial charge in [-0.05, 0) is 48.5 Å². The fourth-order valence-corrected chi connectivity index (χ4v) is 4.04. The van der Waals surface area contributed by atoms with Gasteiger partial charge in [0.05, 0.1) is 17.6 Å². The molecule has 0 unspecified atom stereocenters. The van der Waals surface area contributed by atoms with Crippen LogP contribution in [0.4, 0.5) is 20.2 Å². The minimum absolute atomic E-state index is 0.106. The van der Waals surface area contributed by atoms with Crippen molar-refractivity contribution >= 4 is 21.4 Å². The van der Waals surface area contributed by atoms with Crippen molar-refractivity contribution in [3.05, 3.63) is 83.7 Å². The lowest BCUT2D eigenvalue weighted by molar-refractivity contribution is 0.603. The number of benzene rings is 2. The van der Waals surface area contributed by atoms with Crippen LogP contribution in [-0.2, 0) is 24.1 Å². The summed E-state index contributed by atoms with van der Waals surface area (Å²) in [5, 5.41) is 17.7. The highest BCUT2D eigenvalue weighted by Gasteiger charge is 2.12. The number of nitrogens with zero attached hydrogens (tertiary/aromatic N) is 4. The summed E-state index contributed by atoms with van der Waals surface area (Å²) in [6.07, 6.45) is 0.955. The first-order chi connectivity index (χ1) is 16.9. The SMILES string of the molecule is Cn1c(C#N)ccc1-c1ccc(N)c(F)c1.Cn1c(C#N)ccc1-c1ccc(NS(C)(=O)=O)c(F)c1. The number of nitrogen functional groups attached to an aromatic ring is 1. The average molecular weight is 509 g/mol. The third-order valence-electron chi connectivity index (χ3n) is 5.33. The van der Waals surface area contributed by atoms with Gasteiger partial charge in [0.15, 0.2) is 0 Å². The van der Waals surface area contributed by atoms with Crippen LogP contribution in [0.5, 0.6) is 0 Å². The monoisotopic (exact) mass is 508 g/mol. The third kappa shape index (κ3) is 5.71. The Morgan fingerprint density at radius 2 is 1.28 bits per heavy atom. The zero-order valence-corrected chi connectivity index (χ0v) is 20.4. The van der Waals surface area contributed by atoms with E-state index in [1.807, 2.05) is 6.07 Å². The Labute approximate surface area is 207 Å². The number of sulfonamides is 1. The summed E-state index contributed by atoms with van der Waals surface area (Å²) in [5.74, 6) is -1.12. The van der Waals surface area contributed by atoms with Crippen LogP contribution in [0.25, 0.3) is 22.5 Å². The Balaban J connectivity index is 0.000000205. The highest BCUT2D eigenvalue weighted by molar-refractivity contribution is 7.92. The van der Waals surface area contributed by atoms with E-state index in [9.17, 15) is 17.2 Å². The fourth-order valence-electron chi connectivity index (χ4n) is 3.47. The molecule has 2 aromatic heterocycles. The Kier molecular flexibility index (Phi) is 7.47. The molecule has 2 aromatic carbocycles. The normalized spacial score (nSPS) is 10.6. The second kappa shape index (κ2) is 10.3. The molecule has 36 heavy (non-hydrogen) atoms. The zero-order valence-electron chi connectivity index (χ0n) is 19.6. The molecule has 0 atom stereocenters. The Morgan fingerprint density at radius 3 is 1.67 bits per heavy atom. The lowest BCUT2D eigenvalue weighted by atomic mass is 10.1. The van der Waals surface area contributed by atoms with Crippen molar-refractivity contribution in [1.82, 2.24) is 9.13 Å². The lowest BCUT2D eigenvalue weighted by Gasteiger charge is -2.08. The molecular weight excluding hydrogens is 486 g/mol. The number of rotatable bonds is 4. The second-order valence-corrected chi connectivity index (χ2v) is 9.60. The van der Waals surface area contributed by atoms with Gasteiger partial charge in [0, 0.05) is 36.6 Å². The largest absolute Gasteiger partial charge is 0.396 e. The van der Waals surface area contributed by atoms with Crippen molar-refractivity contribution in [3.8, 4) is 34.7 Å². The molecule has 4 aromatic rings. The van der Waals surface area contributed by atoms with Crippen molar-refractivity contribution < 1.29 is 17.2 Å². The molecule has 0 aliphatic rings. The first kappa shape index (κ1) is 26.0. The van der Waals surface area contributed by atoms with E-state index in [1.54, 1.807) is 59.6 Å². The summed E-state index contributed by atoms with van der Waals surface area (Å²) in [4.78, 5) is 0. The van der Waals surface area contributed by atoms with Crippen LogP contribution >= 0.6 is 0 Å². The van der Waals surface area contributed by atoms with Crippen molar-refractivity contribution in [2.24, 2.45) is 14.1 Å². The number of aromatic nitrogens is 2. The summed E-state index contributed by atoms with van der Waals surface area (Å²) in [7, 11) is -0.0546. The molecule has 0 saturated carbocycles. The van der Waals surface area contributed by atoms with Gasteiger partial charge < -0.3 is 14.9 Å². The predicted molar refractivity (Wildman–Crippen MR) is 134 cm³/mol. The number of anilines is 2. The first-order valence-corrected chi connectivity index (χ1v) is 12.3. The van der Waals surface area contributed by atoms with Gasteiger partial charge in [-0.2, -0.15) is 10.5 Å². The van der Waals surface area contributed by atoms with E-state index < -0.39 is 21.7 Å². The van der Waals surface area contributed by atoms with E-state index in [2.05, 4.69) is 10.8 Å². The summed E-state index contributed by atoms with van der Waals surface area (Å²) in [6, 6.07) is 19.7. The minimum atomic E-state index is -3.52. The molecule has 8 nitrogen and oxygen atoms in total. The maximum atomic E-state index is 13.9. The fraction of sp³-hybridized carbons (Fsp3) is 0.120. The van der Waals surface area contributed by atoms with Gasteiger partial charge in [0.25, 0.3) is 0 Å². The number of nitrogens with two attached hydrogens (primary N) is 1. The third-order valence-corrected chi connectivity index (χ3v) is 5.92. The number of nitriles is 2. The molecule has 0 bridgehead atoms. The van der Waals surface area contributed by atoms with E-state index in [1.165, 1.54) is 24.3 Å². The number of hydrogen-bond donors (Lipinski definition) is 2. The average Bonchev–Trinajstić information content (AvgIpc) is 3.38. The molecule has 0 amide bonds. The van der Waals surface area contributed by atoms with Gasteiger partial charge in [-0.1, -0.05) is 12.1 Å². The number of nitrogens with one attached hydrogen (secondary N) is 1. The Bertz CT molecular complexity index is 1630. The molecule has 2 heterocycles. The van der Waals surface area contributed by atoms with Crippen LogP contribution in [0.3, 0.4) is 0 Å². The first-order valence-electron chi connectivity index (χ1n) is 10.4. The van der Waals surface area contributed by atoms with Crippen LogP contribution in [0, 0.1) is 34.3 Å². The highest BCUT2D eigenvalue weighted by Crippen LogP contribution is 2.26. The van der Waals surface area contributed by atoms with Gasteiger partial charge in [-0.25, -0.2) is 17.2 Å². The van der Waals surface area contributed by atoms with Crippen LogP contribution < -0.4 is 10.5 Å². The second-order valence-electron chi connectivity index (χ2n) is 7.85. The molecule has 0 radical (unpaired) electrons. The Hall–Kier alpha value is -4.61. The molecule has 11 heteroatoms. The quantitative estimate of drug-likeness (QED) is 0.396. The molecule has 0 fully saturated rings. The van der Waals surface area contributed by atoms with E-state index in [-0.39, 0.29) is 11.4 Å². The van der Waals surface area contributed by atoms with Gasteiger partial charge in [0.1, 0.15) is 35.2 Å². The maximum Gasteiger partial charge on any atom is 0.229 e. The van der Waals surface area contributed by atoms with Crippen LogP contribution in [0.2, 0.25) is 0 Å². The number of halogens is 2. The smallest absolute Gasteiger partial charge is 0.229 e. The summed E-state index contributed by atoms with van der Waals surface area (Å²) >= 11 is 0. The minimum Gasteiger partial charge on any atom is -0.396 e. The van der Waals surface area contributed by atoms with Gasteiger partial charge in [-0.3, -0.25) is 4.72 Å². The van der Waals surface area contributed by atoms with Gasteiger partial charge in [0.2, 0.25) is 10.0 Å². The van der Waals surface area contributed by atoms with Crippen molar-refractivity contribution in [1.29, 1.82) is 10.5 Å². The van der Waals surface area contributed by atoms with E-state index >= 15 is 0 Å². The molecule has 3 N–H and O–H groups in total. The summed E-state index contributed by atoms with van der Waals surface area (Å²) in [5.41, 5.74) is 9.14. The van der Waals surface area contributed by atoms with Crippen LogP contribution in [-0.4, -0.2) is 23.8 Å². The van der Waals surface area contributed by atoms with Gasteiger partial charge in [-0.15, -0.1) is 0 Å². The molecule has 0 saturated heterocycles. The van der Waals surface area contributed by atoms with Crippen molar-refractivity contribution in [2.45, 2.75) is 0 Å². The Morgan fingerprint density at radius 1 is 0.806 bits per heavy atom. The predicted octanol–water partition coefficient (Wildman–Crippen LogP) is 4.36. The van der Waals surface area contributed by atoms with E-state index in [0.29, 0.717) is 28.2 Å². The molecular formula is C25H22F2N6O2S. The molecule has 0 spiro atoms. The molecule has 4 rings (SSSR count). The maximum absolute atomic E-state index is 13.9. The zero-order chi connectivity index (χ0) is 26.6. The van der Waals surface area contributed by atoms with E-state index in [4.69, 9.17) is 16.3 Å².